The predicted octanol–water partition coefficient (Wildman–Crippen LogP) is 2.68. The molecule has 2 rings (SSSR count). The van der Waals surface area contributed by atoms with Crippen molar-refractivity contribution < 1.29 is 9.53 Å². The maximum absolute atomic E-state index is 12.5. The molecule has 1 heterocycles. The summed E-state index contributed by atoms with van der Waals surface area (Å²) in [6, 6.07) is 5.88. The third kappa shape index (κ3) is 3.31. The standard InChI is InChI=1S/C16H24N2O2/c1-4-20-14-7-9-18(10-8-14)16(19)15-6-5-13(17-3)11-12(15)2/h5-6,11,14,17H,4,7-10H2,1-3H3. The van der Waals surface area contributed by atoms with Gasteiger partial charge in [-0.2, -0.15) is 0 Å². The quantitative estimate of drug-likeness (QED) is 0.919. The fourth-order valence-corrected chi connectivity index (χ4v) is 2.69. The number of hydrogen-bond acceptors (Lipinski definition) is 3. The average molecular weight is 276 g/mol. The molecule has 4 nitrogen and oxygen atoms in total. The molecule has 0 aliphatic carbocycles. The Morgan fingerprint density at radius 2 is 2.10 bits per heavy atom. The zero-order chi connectivity index (χ0) is 14.5. The van der Waals surface area contributed by atoms with E-state index < -0.39 is 0 Å². The Morgan fingerprint density at radius 3 is 2.65 bits per heavy atom. The second-order valence-corrected chi connectivity index (χ2v) is 5.23. The number of nitrogens with zero attached hydrogens (tertiary/aromatic N) is 1. The third-order valence-corrected chi connectivity index (χ3v) is 3.88. The van der Waals surface area contributed by atoms with Gasteiger partial charge in [0.2, 0.25) is 0 Å². The minimum absolute atomic E-state index is 0.139. The van der Waals surface area contributed by atoms with Gasteiger partial charge in [0, 0.05) is 38.0 Å². The molecule has 1 amide bonds. The van der Waals surface area contributed by atoms with Crippen molar-refractivity contribution in [2.45, 2.75) is 32.8 Å². The first-order valence-corrected chi connectivity index (χ1v) is 7.35. The van der Waals surface area contributed by atoms with E-state index in [4.69, 9.17) is 4.74 Å². The van der Waals surface area contributed by atoms with Crippen LogP contribution in [0.15, 0.2) is 18.2 Å². The molecule has 1 aliphatic heterocycles. The van der Waals surface area contributed by atoms with Crippen LogP contribution in [-0.2, 0) is 4.74 Å². The first kappa shape index (κ1) is 14.9. The van der Waals surface area contributed by atoms with E-state index in [1.807, 2.05) is 44.0 Å². The van der Waals surface area contributed by atoms with Crippen LogP contribution in [0, 0.1) is 6.92 Å². The first-order chi connectivity index (χ1) is 9.65. The molecular formula is C16H24N2O2. The summed E-state index contributed by atoms with van der Waals surface area (Å²) in [7, 11) is 1.88. The molecular weight excluding hydrogens is 252 g/mol. The number of anilines is 1. The molecule has 1 N–H and O–H groups in total. The Balaban J connectivity index is 2.02. The number of rotatable bonds is 4. The monoisotopic (exact) mass is 276 g/mol. The van der Waals surface area contributed by atoms with E-state index in [0.29, 0.717) is 6.10 Å². The van der Waals surface area contributed by atoms with Crippen molar-refractivity contribution in [3.8, 4) is 0 Å². The minimum Gasteiger partial charge on any atom is -0.388 e. The van der Waals surface area contributed by atoms with Gasteiger partial charge in [0.1, 0.15) is 0 Å². The number of piperidine rings is 1. The highest BCUT2D eigenvalue weighted by molar-refractivity contribution is 5.96. The van der Waals surface area contributed by atoms with Crippen molar-refractivity contribution in [3.63, 3.8) is 0 Å². The summed E-state index contributed by atoms with van der Waals surface area (Å²) < 4.78 is 5.62. The molecule has 0 radical (unpaired) electrons. The highest BCUT2D eigenvalue weighted by Gasteiger charge is 2.24. The molecule has 0 saturated carbocycles. The zero-order valence-corrected chi connectivity index (χ0v) is 12.6. The van der Waals surface area contributed by atoms with Crippen molar-refractivity contribution >= 4 is 11.6 Å². The van der Waals surface area contributed by atoms with Gasteiger partial charge in [0.25, 0.3) is 5.91 Å². The van der Waals surface area contributed by atoms with Crippen LogP contribution in [0.5, 0.6) is 0 Å². The maximum atomic E-state index is 12.5. The van der Waals surface area contributed by atoms with E-state index in [0.717, 1.165) is 49.4 Å². The normalized spacial score (nSPS) is 16.2. The average Bonchev–Trinajstić information content (AvgIpc) is 2.47. The molecule has 0 spiro atoms. The van der Waals surface area contributed by atoms with Gasteiger partial charge in [-0.3, -0.25) is 4.79 Å². The molecule has 1 aromatic carbocycles. The van der Waals surface area contributed by atoms with E-state index in [1.54, 1.807) is 0 Å². The molecule has 110 valence electrons. The van der Waals surface area contributed by atoms with E-state index in [2.05, 4.69) is 5.32 Å². The van der Waals surface area contributed by atoms with E-state index in [1.165, 1.54) is 0 Å². The lowest BCUT2D eigenvalue weighted by Crippen LogP contribution is -2.41. The Kier molecular flexibility index (Phi) is 5.01. The fourth-order valence-electron chi connectivity index (χ4n) is 2.69. The van der Waals surface area contributed by atoms with Gasteiger partial charge in [-0.1, -0.05) is 0 Å². The Hall–Kier alpha value is -1.55. The lowest BCUT2D eigenvalue weighted by molar-refractivity contribution is 0.0146. The highest BCUT2D eigenvalue weighted by atomic mass is 16.5. The topological polar surface area (TPSA) is 41.6 Å². The number of aryl methyl sites for hydroxylation is 1. The van der Waals surface area contributed by atoms with Crippen molar-refractivity contribution in [1.82, 2.24) is 4.90 Å². The molecule has 0 atom stereocenters. The molecule has 1 aromatic rings. The second kappa shape index (κ2) is 6.75. The number of carbonyl (C=O) groups excluding carboxylic acids is 1. The number of nitrogens with one attached hydrogen (secondary N) is 1. The molecule has 0 bridgehead atoms. The summed E-state index contributed by atoms with van der Waals surface area (Å²) in [5.41, 5.74) is 2.86. The van der Waals surface area contributed by atoms with Crippen LogP contribution in [0.3, 0.4) is 0 Å². The number of amides is 1. The summed E-state index contributed by atoms with van der Waals surface area (Å²) in [4.78, 5) is 14.5. The summed E-state index contributed by atoms with van der Waals surface area (Å²) in [5, 5.41) is 3.09. The molecule has 0 aromatic heterocycles. The summed E-state index contributed by atoms with van der Waals surface area (Å²) >= 11 is 0. The van der Waals surface area contributed by atoms with E-state index in [-0.39, 0.29) is 5.91 Å². The van der Waals surface area contributed by atoms with Gasteiger partial charge < -0.3 is 15.0 Å². The summed E-state index contributed by atoms with van der Waals surface area (Å²) in [6.45, 7) is 6.34. The van der Waals surface area contributed by atoms with Gasteiger partial charge in [0.05, 0.1) is 6.10 Å². The van der Waals surface area contributed by atoms with Crippen LogP contribution in [0.1, 0.15) is 35.7 Å². The van der Waals surface area contributed by atoms with Crippen molar-refractivity contribution in [2.75, 3.05) is 32.1 Å². The Labute approximate surface area is 121 Å². The summed E-state index contributed by atoms with van der Waals surface area (Å²) in [5.74, 6) is 0.139. The maximum Gasteiger partial charge on any atom is 0.254 e. The van der Waals surface area contributed by atoms with Crippen LogP contribution in [0.2, 0.25) is 0 Å². The third-order valence-electron chi connectivity index (χ3n) is 3.88. The number of carbonyl (C=O) groups is 1. The minimum atomic E-state index is 0.139. The van der Waals surface area contributed by atoms with Gasteiger partial charge in [-0.25, -0.2) is 0 Å². The molecule has 1 saturated heterocycles. The predicted molar refractivity (Wildman–Crippen MR) is 81.3 cm³/mol. The van der Waals surface area contributed by atoms with Crippen LogP contribution in [0.25, 0.3) is 0 Å². The molecule has 4 heteroatoms. The van der Waals surface area contributed by atoms with Gasteiger partial charge in [-0.15, -0.1) is 0 Å². The SMILES string of the molecule is CCOC1CCN(C(=O)c2ccc(NC)cc2C)CC1. The van der Waals surface area contributed by atoms with Crippen LogP contribution in [-0.4, -0.2) is 43.7 Å². The smallest absolute Gasteiger partial charge is 0.254 e. The number of benzene rings is 1. The second-order valence-electron chi connectivity index (χ2n) is 5.23. The number of likely N-dealkylation sites (tertiary alicyclic amines) is 1. The lowest BCUT2D eigenvalue weighted by atomic mass is 10.0. The molecule has 1 aliphatic rings. The largest absolute Gasteiger partial charge is 0.388 e. The van der Waals surface area contributed by atoms with Gasteiger partial charge >= 0.3 is 0 Å². The van der Waals surface area contributed by atoms with Gasteiger partial charge in [-0.05, 0) is 50.5 Å². The first-order valence-electron chi connectivity index (χ1n) is 7.35. The van der Waals surface area contributed by atoms with Gasteiger partial charge in [0.15, 0.2) is 0 Å². The summed E-state index contributed by atoms with van der Waals surface area (Å²) in [6.07, 6.45) is 2.19. The molecule has 1 fully saturated rings. The molecule has 20 heavy (non-hydrogen) atoms. The van der Waals surface area contributed by atoms with E-state index >= 15 is 0 Å². The van der Waals surface area contributed by atoms with Crippen LogP contribution < -0.4 is 5.32 Å². The van der Waals surface area contributed by atoms with Crippen molar-refractivity contribution in [2.24, 2.45) is 0 Å². The highest BCUT2D eigenvalue weighted by Crippen LogP contribution is 2.20. The van der Waals surface area contributed by atoms with Crippen molar-refractivity contribution in [3.05, 3.63) is 29.3 Å². The number of ether oxygens (including phenoxy) is 1. The Bertz CT molecular complexity index is 466. The zero-order valence-electron chi connectivity index (χ0n) is 12.6. The Morgan fingerprint density at radius 1 is 1.40 bits per heavy atom. The van der Waals surface area contributed by atoms with Crippen LogP contribution in [0.4, 0.5) is 5.69 Å². The number of hydrogen-bond donors (Lipinski definition) is 1. The van der Waals surface area contributed by atoms with Crippen molar-refractivity contribution in [1.29, 1.82) is 0 Å². The molecule has 0 unspecified atom stereocenters. The lowest BCUT2D eigenvalue weighted by Gasteiger charge is -2.32. The van der Waals surface area contributed by atoms with Crippen LogP contribution >= 0.6 is 0 Å². The fraction of sp³-hybridized carbons (Fsp3) is 0.562. The van der Waals surface area contributed by atoms with E-state index in [9.17, 15) is 4.79 Å².